The minimum Gasteiger partial charge on any atom is -0.367 e. The number of carbonyl (C=O) groups is 1. The van der Waals surface area contributed by atoms with E-state index in [0.29, 0.717) is 41.1 Å². The first-order valence-corrected chi connectivity index (χ1v) is 12.9. The summed E-state index contributed by atoms with van der Waals surface area (Å²) in [6.07, 6.45) is 5.00. The van der Waals surface area contributed by atoms with Gasteiger partial charge < -0.3 is 20.5 Å². The molecular formula is C28H23F4N9O. The number of amides is 1. The van der Waals surface area contributed by atoms with Gasteiger partial charge in [-0.05, 0) is 56.2 Å². The molecule has 0 radical (unpaired) electrons. The monoisotopic (exact) mass is 577 g/mol. The number of hydrogen-bond donors (Lipinski definition) is 3. The number of nitrogens with zero attached hydrogens (tertiary/aromatic N) is 6. The van der Waals surface area contributed by atoms with Crippen LogP contribution in [0.15, 0.2) is 73.7 Å². The van der Waals surface area contributed by atoms with E-state index >= 15 is 0 Å². The molecule has 0 bridgehead atoms. The summed E-state index contributed by atoms with van der Waals surface area (Å²) in [6, 6.07) is 8.96. The smallest absolute Gasteiger partial charge is 0.367 e. The number of aryl methyl sites for hydroxylation is 1. The van der Waals surface area contributed by atoms with Gasteiger partial charge in [0.2, 0.25) is 5.95 Å². The number of aromatic nitrogens is 6. The molecular weight excluding hydrogens is 554 g/mol. The number of imidazole rings is 2. The highest BCUT2D eigenvalue weighted by Crippen LogP contribution is 2.32. The van der Waals surface area contributed by atoms with Crippen molar-refractivity contribution < 1.29 is 22.4 Å². The Balaban J connectivity index is 1.25. The van der Waals surface area contributed by atoms with Gasteiger partial charge in [-0.25, -0.2) is 24.3 Å². The van der Waals surface area contributed by atoms with Crippen molar-refractivity contribution in [3.63, 3.8) is 0 Å². The topological polar surface area (TPSA) is 115 Å². The predicted molar refractivity (Wildman–Crippen MR) is 147 cm³/mol. The summed E-state index contributed by atoms with van der Waals surface area (Å²) in [4.78, 5) is 30.0. The fourth-order valence-corrected chi connectivity index (χ4v) is 4.22. The van der Waals surface area contributed by atoms with E-state index in [1.165, 1.54) is 41.6 Å². The second kappa shape index (κ2) is 10.6. The Morgan fingerprint density at radius 2 is 1.86 bits per heavy atom. The zero-order valence-electron chi connectivity index (χ0n) is 22.0. The lowest BCUT2D eigenvalue weighted by Crippen LogP contribution is -2.16. The van der Waals surface area contributed by atoms with Crippen molar-refractivity contribution in [1.82, 2.24) is 29.1 Å². The number of alkyl halides is 3. The molecule has 0 saturated heterocycles. The van der Waals surface area contributed by atoms with E-state index in [2.05, 4.69) is 35.9 Å². The molecule has 2 aromatic carbocycles. The van der Waals surface area contributed by atoms with Crippen molar-refractivity contribution in [2.75, 3.05) is 16.0 Å². The third-order valence-electron chi connectivity index (χ3n) is 6.46. The first-order valence-electron chi connectivity index (χ1n) is 12.9. The molecule has 3 heterocycles. The number of halogens is 4. The summed E-state index contributed by atoms with van der Waals surface area (Å²) < 4.78 is 58.7. The Morgan fingerprint density at radius 3 is 2.60 bits per heavy atom. The molecule has 14 heteroatoms. The summed E-state index contributed by atoms with van der Waals surface area (Å²) >= 11 is 0. The largest absolute Gasteiger partial charge is 0.416 e. The van der Waals surface area contributed by atoms with Gasteiger partial charge in [-0.3, -0.25) is 9.36 Å². The summed E-state index contributed by atoms with van der Waals surface area (Å²) in [5, 5.41) is 8.75. The van der Waals surface area contributed by atoms with Gasteiger partial charge in [0.25, 0.3) is 5.91 Å². The molecule has 1 aliphatic rings. The lowest BCUT2D eigenvalue weighted by Gasteiger charge is -2.14. The molecule has 1 amide bonds. The van der Waals surface area contributed by atoms with Crippen molar-refractivity contribution in [2.24, 2.45) is 0 Å². The molecule has 42 heavy (non-hydrogen) atoms. The highest BCUT2D eigenvalue weighted by molar-refractivity contribution is 6.05. The second-order valence-corrected chi connectivity index (χ2v) is 9.76. The summed E-state index contributed by atoms with van der Waals surface area (Å²) in [6.45, 7) is 1.69. The average Bonchev–Trinajstić information content (AvgIpc) is 3.46. The third-order valence-corrected chi connectivity index (χ3v) is 6.46. The summed E-state index contributed by atoms with van der Waals surface area (Å²) in [5.74, 6) is -0.130. The van der Waals surface area contributed by atoms with Crippen LogP contribution in [0.2, 0.25) is 0 Å². The van der Waals surface area contributed by atoms with Gasteiger partial charge in [0.05, 0.1) is 23.3 Å². The van der Waals surface area contributed by atoms with Gasteiger partial charge in [-0.1, -0.05) is 0 Å². The van der Waals surface area contributed by atoms with Gasteiger partial charge in [-0.15, -0.1) is 0 Å². The standard InChI is InChI=1S/C28H23F4N9O/c1-16-13-40(15-36-16)21-9-17(8-18(10-21)28(30,31)32)26(42)39-23-11-20(4-5-22(23)29)38-27-33-6-7-41(27)25-12-24(34-14-35-25)37-19-2-3-19/h4-15,19H,2-3H2,1H3,(H,33,38)(H,39,42)(H,34,35,37). The fourth-order valence-electron chi connectivity index (χ4n) is 4.22. The predicted octanol–water partition coefficient (Wildman–Crippen LogP) is 5.88. The van der Waals surface area contributed by atoms with Crippen LogP contribution >= 0.6 is 0 Å². The minimum absolute atomic E-state index is 0.0820. The van der Waals surface area contributed by atoms with Crippen molar-refractivity contribution in [1.29, 1.82) is 0 Å². The van der Waals surface area contributed by atoms with Gasteiger partial charge in [0.15, 0.2) is 0 Å². The fraction of sp³-hybridized carbons (Fsp3) is 0.179. The van der Waals surface area contributed by atoms with Crippen LogP contribution in [0.4, 0.5) is 40.7 Å². The highest BCUT2D eigenvalue weighted by Gasteiger charge is 2.32. The SMILES string of the molecule is Cc1cn(-c2cc(C(=O)Nc3cc(Nc4nccn4-c4cc(NC5CC5)ncn4)ccc3F)cc(C(F)(F)F)c2)cn1. The molecule has 3 N–H and O–H groups in total. The van der Waals surface area contributed by atoms with Crippen LogP contribution in [0.5, 0.6) is 0 Å². The zero-order valence-corrected chi connectivity index (χ0v) is 22.0. The Hall–Kier alpha value is -5.27. The van der Waals surface area contributed by atoms with E-state index in [1.807, 2.05) is 0 Å². The molecule has 0 aliphatic heterocycles. The molecule has 0 atom stereocenters. The molecule has 0 spiro atoms. The quantitative estimate of drug-likeness (QED) is 0.197. The molecule has 10 nitrogen and oxygen atoms in total. The van der Waals surface area contributed by atoms with E-state index in [9.17, 15) is 22.4 Å². The van der Waals surface area contributed by atoms with E-state index < -0.39 is 23.5 Å². The normalized spacial score (nSPS) is 13.2. The van der Waals surface area contributed by atoms with E-state index in [-0.39, 0.29) is 16.9 Å². The Morgan fingerprint density at radius 1 is 1.02 bits per heavy atom. The van der Waals surface area contributed by atoms with Crippen molar-refractivity contribution >= 4 is 29.0 Å². The zero-order chi connectivity index (χ0) is 29.4. The van der Waals surface area contributed by atoms with E-state index in [0.717, 1.165) is 25.0 Å². The molecule has 3 aromatic heterocycles. The Labute approximate surface area is 236 Å². The Kier molecular flexibility index (Phi) is 6.80. The van der Waals surface area contributed by atoms with Gasteiger partial charge in [0.1, 0.15) is 23.8 Å². The minimum atomic E-state index is -4.71. The average molecular weight is 578 g/mol. The molecule has 0 unspecified atom stereocenters. The highest BCUT2D eigenvalue weighted by atomic mass is 19.4. The van der Waals surface area contributed by atoms with Crippen LogP contribution in [0, 0.1) is 12.7 Å². The van der Waals surface area contributed by atoms with E-state index in [4.69, 9.17) is 0 Å². The van der Waals surface area contributed by atoms with Gasteiger partial charge in [-0.2, -0.15) is 13.2 Å². The number of nitrogens with one attached hydrogen (secondary N) is 3. The van der Waals surface area contributed by atoms with Crippen molar-refractivity contribution in [3.05, 3.63) is 96.3 Å². The first-order chi connectivity index (χ1) is 20.1. The van der Waals surface area contributed by atoms with Crippen LogP contribution < -0.4 is 16.0 Å². The Bertz CT molecular complexity index is 1780. The maximum absolute atomic E-state index is 14.8. The lowest BCUT2D eigenvalue weighted by atomic mass is 10.1. The van der Waals surface area contributed by atoms with Crippen LogP contribution in [0.3, 0.4) is 0 Å². The number of hydrogen-bond acceptors (Lipinski definition) is 7. The lowest BCUT2D eigenvalue weighted by molar-refractivity contribution is -0.137. The molecule has 1 fully saturated rings. The molecule has 1 aliphatic carbocycles. The third kappa shape index (κ3) is 5.92. The second-order valence-electron chi connectivity index (χ2n) is 9.76. The van der Waals surface area contributed by atoms with Gasteiger partial charge in [0, 0.05) is 47.6 Å². The molecule has 1 saturated carbocycles. The van der Waals surface area contributed by atoms with Crippen molar-refractivity contribution in [2.45, 2.75) is 32.0 Å². The summed E-state index contributed by atoms with van der Waals surface area (Å²) in [5.41, 5.74) is -0.543. The van der Waals surface area contributed by atoms with Gasteiger partial charge >= 0.3 is 6.18 Å². The number of rotatable bonds is 8. The maximum Gasteiger partial charge on any atom is 0.416 e. The van der Waals surface area contributed by atoms with Crippen LogP contribution in [-0.4, -0.2) is 41.0 Å². The van der Waals surface area contributed by atoms with Crippen LogP contribution in [0.1, 0.15) is 34.5 Å². The number of anilines is 4. The maximum atomic E-state index is 14.8. The number of benzene rings is 2. The van der Waals surface area contributed by atoms with Crippen molar-refractivity contribution in [3.8, 4) is 11.5 Å². The van der Waals surface area contributed by atoms with Crippen LogP contribution in [0.25, 0.3) is 11.5 Å². The summed E-state index contributed by atoms with van der Waals surface area (Å²) in [7, 11) is 0. The van der Waals surface area contributed by atoms with E-state index in [1.54, 1.807) is 30.0 Å². The number of carbonyl (C=O) groups excluding carboxylic acids is 1. The molecule has 5 aromatic rings. The first kappa shape index (κ1) is 26.9. The van der Waals surface area contributed by atoms with Crippen LogP contribution in [-0.2, 0) is 6.18 Å². The molecule has 6 rings (SSSR count). The molecule has 214 valence electrons.